The van der Waals surface area contributed by atoms with Crippen LogP contribution in [0.5, 0.6) is 5.75 Å². The summed E-state index contributed by atoms with van der Waals surface area (Å²) in [6, 6.07) is 29.7. The van der Waals surface area contributed by atoms with Gasteiger partial charge in [0.25, 0.3) is 0 Å². The summed E-state index contributed by atoms with van der Waals surface area (Å²) in [5.41, 5.74) is 37.1. The monoisotopic (exact) mass is 827 g/mol. The highest BCUT2D eigenvalue weighted by atomic mass is 16.5. The van der Waals surface area contributed by atoms with Crippen LogP contribution in [0.1, 0.15) is 121 Å². The predicted molar refractivity (Wildman–Crippen MR) is 248 cm³/mol. The van der Waals surface area contributed by atoms with Crippen LogP contribution < -0.4 is 27.7 Å². The summed E-state index contributed by atoms with van der Waals surface area (Å²) in [7, 11) is 0. The standard InChI is InChI=1S/C52H66N4O5/c1-2-36-23-24-42(32-45(36)44-18-9-8-17-39-20-12-22-50(47(39)33-44)59-28-13-29-61-52(58)49(56)35-54)40-25-26-41(37-14-5-3-6-15-37)31-46-38(19-11-21-43(46)30-40)16-7-4-10-27-60-51(57)48(55)34-53/h3,5-6,11-12,14-15,19-24,31-33,40,48-49H,2,4,7-10,13,16-18,25-30,34-35,53-56H2,1H3/b41-31+,44-33+. The van der Waals surface area contributed by atoms with Gasteiger partial charge in [-0.25, -0.2) is 0 Å². The zero-order chi connectivity index (χ0) is 43.0. The minimum Gasteiger partial charge on any atom is -0.493 e. The maximum Gasteiger partial charge on any atom is 0.324 e. The molecule has 0 aromatic heterocycles. The number of benzene rings is 4. The first-order chi connectivity index (χ1) is 29.8. The minimum atomic E-state index is -0.801. The number of fused-ring (bicyclic) bond motifs is 2. The van der Waals surface area contributed by atoms with Gasteiger partial charge in [0.2, 0.25) is 0 Å². The molecular formula is C52H66N4O5. The molecule has 0 spiro atoms. The molecule has 9 nitrogen and oxygen atoms in total. The Hall–Kier alpha value is -5.06. The lowest BCUT2D eigenvalue weighted by Gasteiger charge is -2.26. The Morgan fingerprint density at radius 1 is 0.672 bits per heavy atom. The predicted octanol–water partition coefficient (Wildman–Crippen LogP) is 8.32. The Morgan fingerprint density at radius 2 is 1.38 bits per heavy atom. The van der Waals surface area contributed by atoms with E-state index in [2.05, 4.69) is 104 Å². The van der Waals surface area contributed by atoms with E-state index in [1.807, 2.05) is 0 Å². The van der Waals surface area contributed by atoms with Crippen LogP contribution in [0.2, 0.25) is 0 Å². The second kappa shape index (κ2) is 23.2. The van der Waals surface area contributed by atoms with Gasteiger partial charge in [0.15, 0.2) is 0 Å². The molecule has 3 atom stereocenters. The first-order valence-corrected chi connectivity index (χ1v) is 22.5. The fourth-order valence-corrected chi connectivity index (χ4v) is 8.59. The Labute approximate surface area is 362 Å². The molecule has 0 bridgehead atoms. The van der Waals surface area contributed by atoms with Crippen LogP contribution in [0.15, 0.2) is 84.9 Å². The fourth-order valence-electron chi connectivity index (χ4n) is 8.59. The van der Waals surface area contributed by atoms with Crippen molar-refractivity contribution in [3.05, 3.63) is 135 Å². The molecule has 2 aliphatic rings. The highest BCUT2D eigenvalue weighted by Gasteiger charge is 2.23. The normalized spacial score (nSPS) is 18.0. The quantitative estimate of drug-likeness (QED) is 0.0537. The lowest BCUT2D eigenvalue weighted by molar-refractivity contribution is -0.146. The van der Waals surface area contributed by atoms with Crippen LogP contribution in [-0.2, 0) is 44.7 Å². The highest BCUT2D eigenvalue weighted by molar-refractivity contribution is 5.86. The molecule has 2 aliphatic carbocycles. The van der Waals surface area contributed by atoms with Gasteiger partial charge in [0.1, 0.15) is 17.8 Å². The van der Waals surface area contributed by atoms with E-state index in [1.165, 1.54) is 55.7 Å². The van der Waals surface area contributed by atoms with Crippen molar-refractivity contribution < 1.29 is 23.8 Å². The smallest absolute Gasteiger partial charge is 0.324 e. The third kappa shape index (κ3) is 12.5. The molecule has 4 aromatic rings. The summed E-state index contributed by atoms with van der Waals surface area (Å²) < 4.78 is 17.0. The van der Waals surface area contributed by atoms with Crippen molar-refractivity contribution in [3.8, 4) is 5.75 Å². The van der Waals surface area contributed by atoms with Gasteiger partial charge in [-0.2, -0.15) is 0 Å². The number of hydrogen-bond donors (Lipinski definition) is 4. The largest absolute Gasteiger partial charge is 0.493 e. The van der Waals surface area contributed by atoms with Gasteiger partial charge in [-0.1, -0.05) is 91.9 Å². The summed E-state index contributed by atoms with van der Waals surface area (Å²) in [5, 5.41) is 0. The molecule has 0 saturated heterocycles. The average Bonchev–Trinajstić information content (AvgIpc) is 3.27. The van der Waals surface area contributed by atoms with Crippen molar-refractivity contribution in [1.82, 2.24) is 0 Å². The van der Waals surface area contributed by atoms with Gasteiger partial charge in [0, 0.05) is 25.1 Å². The molecule has 324 valence electrons. The molecule has 3 unspecified atom stereocenters. The van der Waals surface area contributed by atoms with Crippen LogP contribution in [0, 0.1) is 0 Å². The van der Waals surface area contributed by atoms with Gasteiger partial charge in [-0.05, 0) is 151 Å². The molecular weight excluding hydrogens is 761 g/mol. The molecule has 0 saturated carbocycles. The Morgan fingerprint density at radius 3 is 2.13 bits per heavy atom. The molecule has 4 aromatic carbocycles. The number of carbonyl (C=O) groups is 2. The second-order valence-electron chi connectivity index (χ2n) is 16.5. The summed E-state index contributed by atoms with van der Waals surface area (Å²) in [6.45, 7) is 3.42. The van der Waals surface area contributed by atoms with Crippen molar-refractivity contribution in [2.45, 2.75) is 108 Å². The lowest BCUT2D eigenvalue weighted by atomic mass is 9.79. The number of rotatable bonds is 19. The summed E-state index contributed by atoms with van der Waals surface area (Å²) in [5.74, 6) is 0.294. The average molecular weight is 827 g/mol. The van der Waals surface area contributed by atoms with Crippen molar-refractivity contribution in [2.75, 3.05) is 32.9 Å². The van der Waals surface area contributed by atoms with Gasteiger partial charge in [0.05, 0.1) is 19.8 Å². The molecule has 0 heterocycles. The Balaban J connectivity index is 1.25. The van der Waals surface area contributed by atoms with E-state index >= 15 is 0 Å². The molecule has 0 fully saturated rings. The highest BCUT2D eigenvalue weighted by Crippen LogP contribution is 2.40. The first-order valence-electron chi connectivity index (χ1n) is 22.5. The van der Waals surface area contributed by atoms with Crippen molar-refractivity contribution in [3.63, 3.8) is 0 Å². The number of aryl methyl sites for hydroxylation is 3. The molecule has 8 N–H and O–H groups in total. The van der Waals surface area contributed by atoms with Gasteiger partial charge < -0.3 is 37.1 Å². The third-order valence-corrected chi connectivity index (χ3v) is 12.2. The molecule has 0 aliphatic heterocycles. The summed E-state index contributed by atoms with van der Waals surface area (Å²) in [4.78, 5) is 24.0. The van der Waals surface area contributed by atoms with Crippen molar-refractivity contribution >= 4 is 35.2 Å². The molecule has 9 heteroatoms. The van der Waals surface area contributed by atoms with E-state index in [0.717, 1.165) is 88.4 Å². The Bertz CT molecular complexity index is 2130. The second-order valence-corrected chi connectivity index (χ2v) is 16.5. The van der Waals surface area contributed by atoms with E-state index in [4.69, 9.17) is 37.1 Å². The van der Waals surface area contributed by atoms with Crippen LogP contribution in [0.4, 0.5) is 0 Å². The minimum absolute atomic E-state index is 0.0585. The number of carbonyl (C=O) groups excluding carboxylic acids is 2. The maximum atomic E-state index is 12.0. The van der Waals surface area contributed by atoms with Gasteiger partial charge in [-0.15, -0.1) is 0 Å². The molecule has 0 radical (unpaired) electrons. The zero-order valence-corrected chi connectivity index (χ0v) is 36.0. The van der Waals surface area contributed by atoms with Crippen LogP contribution in [-0.4, -0.2) is 56.9 Å². The van der Waals surface area contributed by atoms with Crippen molar-refractivity contribution in [1.29, 1.82) is 0 Å². The van der Waals surface area contributed by atoms with Crippen LogP contribution >= 0.6 is 0 Å². The maximum absolute atomic E-state index is 12.0. The number of unbranched alkanes of at least 4 members (excludes halogenated alkanes) is 2. The van der Waals surface area contributed by atoms with E-state index in [0.29, 0.717) is 25.6 Å². The van der Waals surface area contributed by atoms with Gasteiger partial charge >= 0.3 is 11.9 Å². The first kappa shape index (κ1) is 45.5. The van der Waals surface area contributed by atoms with E-state index < -0.39 is 24.0 Å². The Kier molecular flexibility index (Phi) is 17.3. The molecule has 0 amide bonds. The number of ether oxygens (including phenoxy) is 3. The SMILES string of the molecule is CCc1ccc(C2CC/C(c3ccccc3)=C\c3c(CCCCCOC(=O)C(N)CN)cccc3C2)cc1/C1=C/c2c(cccc2OCCCOC(=O)C(N)CN)CCCC1. The van der Waals surface area contributed by atoms with Crippen LogP contribution in [0.25, 0.3) is 23.3 Å². The zero-order valence-electron chi connectivity index (χ0n) is 36.0. The van der Waals surface area contributed by atoms with Crippen LogP contribution in [0.3, 0.4) is 0 Å². The van der Waals surface area contributed by atoms with Crippen molar-refractivity contribution in [2.24, 2.45) is 22.9 Å². The third-order valence-electron chi connectivity index (χ3n) is 12.2. The molecule has 6 rings (SSSR count). The molecule has 61 heavy (non-hydrogen) atoms. The van der Waals surface area contributed by atoms with E-state index in [-0.39, 0.29) is 19.7 Å². The number of esters is 2. The fraction of sp³-hybridized carbons (Fsp3) is 0.423. The topological polar surface area (TPSA) is 166 Å². The summed E-state index contributed by atoms with van der Waals surface area (Å²) in [6.07, 6.45) is 17.3. The number of allylic oxidation sites excluding steroid dienone is 2. The summed E-state index contributed by atoms with van der Waals surface area (Å²) >= 11 is 0. The number of nitrogens with two attached hydrogens (primary N) is 4. The number of hydrogen-bond acceptors (Lipinski definition) is 9. The lowest BCUT2D eigenvalue weighted by Crippen LogP contribution is -2.39. The van der Waals surface area contributed by atoms with E-state index in [1.54, 1.807) is 0 Å². The van der Waals surface area contributed by atoms with E-state index in [9.17, 15) is 9.59 Å². The van der Waals surface area contributed by atoms with Gasteiger partial charge in [-0.3, -0.25) is 9.59 Å².